The molecule has 0 bridgehead atoms. The molecule has 2 amide bonds. The first kappa shape index (κ1) is 14.6. The third-order valence-electron chi connectivity index (χ3n) is 2.72. The largest absolute Gasteiger partial charge is 0.450 e. The fourth-order valence-electron chi connectivity index (χ4n) is 1.79. The van der Waals surface area contributed by atoms with E-state index < -0.39 is 6.09 Å². The number of amides is 2. The Morgan fingerprint density at radius 2 is 1.62 bits per heavy atom. The van der Waals surface area contributed by atoms with Gasteiger partial charge in [0.25, 0.3) is 5.91 Å². The van der Waals surface area contributed by atoms with Crippen molar-refractivity contribution in [2.45, 2.75) is 6.92 Å². The second kappa shape index (κ2) is 7.09. The first-order valence-electron chi connectivity index (χ1n) is 6.60. The minimum absolute atomic E-state index is 0.268. The maximum absolute atomic E-state index is 12.3. The Kier molecular flexibility index (Phi) is 4.93. The van der Waals surface area contributed by atoms with Crippen LogP contribution in [0.5, 0.6) is 0 Å². The van der Waals surface area contributed by atoms with Gasteiger partial charge in [0.15, 0.2) is 0 Å². The van der Waals surface area contributed by atoms with Gasteiger partial charge in [-0.3, -0.25) is 10.1 Å². The summed E-state index contributed by atoms with van der Waals surface area (Å²) in [7, 11) is 0. The van der Waals surface area contributed by atoms with Crippen LogP contribution in [0.2, 0.25) is 0 Å². The molecule has 2 rings (SSSR count). The quantitative estimate of drug-likeness (QED) is 0.902. The number of ether oxygens (including phenoxy) is 1. The lowest BCUT2D eigenvalue weighted by atomic mass is 10.1. The minimum Gasteiger partial charge on any atom is -0.450 e. The molecular weight excluding hydrogens is 268 g/mol. The van der Waals surface area contributed by atoms with Gasteiger partial charge in [-0.05, 0) is 31.2 Å². The van der Waals surface area contributed by atoms with E-state index in [1.54, 1.807) is 43.3 Å². The van der Waals surface area contributed by atoms with E-state index in [-0.39, 0.29) is 12.5 Å². The number of carbonyl (C=O) groups is 2. The number of carbonyl (C=O) groups excluding carboxylic acids is 2. The van der Waals surface area contributed by atoms with Crippen molar-refractivity contribution < 1.29 is 14.3 Å². The van der Waals surface area contributed by atoms with Gasteiger partial charge in [0.2, 0.25) is 0 Å². The zero-order chi connectivity index (χ0) is 15.1. The van der Waals surface area contributed by atoms with Crippen molar-refractivity contribution in [2.75, 3.05) is 17.2 Å². The smallest absolute Gasteiger partial charge is 0.411 e. The van der Waals surface area contributed by atoms with Crippen LogP contribution in [-0.2, 0) is 4.74 Å². The minimum atomic E-state index is -0.586. The van der Waals surface area contributed by atoms with Crippen LogP contribution in [0.15, 0.2) is 54.6 Å². The van der Waals surface area contributed by atoms with E-state index >= 15 is 0 Å². The highest BCUT2D eigenvalue weighted by Gasteiger charge is 2.13. The Balaban J connectivity index is 2.15. The molecule has 0 fully saturated rings. The zero-order valence-electron chi connectivity index (χ0n) is 11.6. The fourth-order valence-corrected chi connectivity index (χ4v) is 1.79. The normalized spacial score (nSPS) is 9.76. The van der Waals surface area contributed by atoms with Crippen LogP contribution < -0.4 is 10.6 Å². The van der Waals surface area contributed by atoms with Crippen molar-refractivity contribution >= 4 is 23.4 Å². The molecule has 0 aliphatic carbocycles. The number of hydrogen-bond acceptors (Lipinski definition) is 3. The first-order chi connectivity index (χ1) is 10.2. The molecule has 5 nitrogen and oxygen atoms in total. The van der Waals surface area contributed by atoms with Gasteiger partial charge >= 0.3 is 6.09 Å². The van der Waals surface area contributed by atoms with Crippen LogP contribution in [0.4, 0.5) is 16.2 Å². The lowest BCUT2D eigenvalue weighted by molar-refractivity contribution is 0.102. The van der Waals surface area contributed by atoms with Gasteiger partial charge in [-0.2, -0.15) is 0 Å². The summed E-state index contributed by atoms with van der Waals surface area (Å²) < 4.78 is 4.82. The number of rotatable bonds is 4. The van der Waals surface area contributed by atoms with Gasteiger partial charge < -0.3 is 10.1 Å². The topological polar surface area (TPSA) is 67.4 Å². The Labute approximate surface area is 122 Å². The SMILES string of the molecule is CCOC(=O)Nc1ccccc1C(=O)Nc1ccccc1. The van der Waals surface area contributed by atoms with Crippen molar-refractivity contribution in [3.63, 3.8) is 0 Å². The number of benzene rings is 2. The average Bonchev–Trinajstić information content (AvgIpc) is 2.49. The van der Waals surface area contributed by atoms with Gasteiger partial charge in [-0.1, -0.05) is 30.3 Å². The monoisotopic (exact) mass is 284 g/mol. The molecule has 2 aromatic carbocycles. The van der Waals surface area contributed by atoms with Crippen molar-refractivity contribution in [1.82, 2.24) is 0 Å². The first-order valence-corrected chi connectivity index (χ1v) is 6.60. The Morgan fingerprint density at radius 1 is 0.952 bits per heavy atom. The maximum Gasteiger partial charge on any atom is 0.411 e. The van der Waals surface area contributed by atoms with Crippen molar-refractivity contribution in [1.29, 1.82) is 0 Å². The van der Waals surface area contributed by atoms with Crippen LogP contribution in [0.3, 0.4) is 0 Å². The molecule has 2 N–H and O–H groups in total. The second-order valence-electron chi connectivity index (χ2n) is 4.21. The Bertz CT molecular complexity index is 626. The lowest BCUT2D eigenvalue weighted by Gasteiger charge is -2.11. The fraction of sp³-hybridized carbons (Fsp3) is 0.125. The summed E-state index contributed by atoms with van der Waals surface area (Å²) >= 11 is 0. The maximum atomic E-state index is 12.3. The number of hydrogen-bond donors (Lipinski definition) is 2. The molecule has 0 aliphatic rings. The molecule has 0 atom stereocenters. The third-order valence-corrected chi connectivity index (χ3v) is 2.72. The summed E-state index contributed by atoms with van der Waals surface area (Å²) in [6.45, 7) is 1.98. The highest BCUT2D eigenvalue weighted by atomic mass is 16.5. The molecule has 0 unspecified atom stereocenters. The van der Waals surface area contributed by atoms with E-state index in [9.17, 15) is 9.59 Å². The van der Waals surface area contributed by atoms with E-state index in [4.69, 9.17) is 4.74 Å². The standard InChI is InChI=1S/C16H16N2O3/c1-2-21-16(20)18-14-11-7-6-10-13(14)15(19)17-12-8-4-3-5-9-12/h3-11H,2H2,1H3,(H,17,19)(H,18,20). The molecule has 0 radical (unpaired) electrons. The van der Waals surface area contributed by atoms with Crippen molar-refractivity contribution in [2.24, 2.45) is 0 Å². The molecule has 2 aromatic rings. The molecule has 0 aromatic heterocycles. The summed E-state index contributed by atoms with van der Waals surface area (Å²) in [6.07, 6.45) is -0.586. The van der Waals surface area contributed by atoms with Crippen LogP contribution in [0, 0.1) is 0 Å². The van der Waals surface area contributed by atoms with Crippen molar-refractivity contribution in [3.05, 3.63) is 60.2 Å². The summed E-state index contributed by atoms with van der Waals surface area (Å²) in [5.41, 5.74) is 1.47. The van der Waals surface area contributed by atoms with Gasteiger partial charge in [0.05, 0.1) is 17.9 Å². The van der Waals surface area contributed by atoms with Gasteiger partial charge in [-0.25, -0.2) is 4.79 Å². The Hall–Kier alpha value is -2.82. The molecule has 0 aliphatic heterocycles. The molecule has 0 heterocycles. The third kappa shape index (κ3) is 4.07. The van der Waals surface area contributed by atoms with E-state index in [1.165, 1.54) is 0 Å². The van der Waals surface area contributed by atoms with Crippen LogP contribution >= 0.6 is 0 Å². The molecule has 0 saturated carbocycles. The molecule has 0 saturated heterocycles. The van der Waals surface area contributed by atoms with E-state index in [1.807, 2.05) is 18.2 Å². The summed E-state index contributed by atoms with van der Waals surface area (Å²) in [6, 6.07) is 15.9. The zero-order valence-corrected chi connectivity index (χ0v) is 11.6. The van der Waals surface area contributed by atoms with Crippen molar-refractivity contribution in [3.8, 4) is 0 Å². The summed E-state index contributed by atoms with van der Waals surface area (Å²) in [5, 5.41) is 5.33. The predicted molar refractivity (Wildman–Crippen MR) is 81.5 cm³/mol. The number of nitrogens with one attached hydrogen (secondary N) is 2. The average molecular weight is 284 g/mol. The number of para-hydroxylation sites is 2. The van der Waals surface area contributed by atoms with Gasteiger partial charge in [-0.15, -0.1) is 0 Å². The van der Waals surface area contributed by atoms with E-state index in [0.29, 0.717) is 16.9 Å². The molecule has 5 heteroatoms. The van der Waals surface area contributed by atoms with Crippen LogP contribution in [0.1, 0.15) is 17.3 Å². The van der Waals surface area contributed by atoms with Gasteiger partial charge in [0, 0.05) is 5.69 Å². The highest BCUT2D eigenvalue weighted by molar-refractivity contribution is 6.09. The van der Waals surface area contributed by atoms with E-state index in [2.05, 4.69) is 10.6 Å². The van der Waals surface area contributed by atoms with Crippen LogP contribution in [0.25, 0.3) is 0 Å². The van der Waals surface area contributed by atoms with E-state index in [0.717, 1.165) is 0 Å². The molecule has 21 heavy (non-hydrogen) atoms. The Morgan fingerprint density at radius 3 is 2.33 bits per heavy atom. The summed E-state index contributed by atoms with van der Waals surface area (Å²) in [4.78, 5) is 23.8. The molecule has 108 valence electrons. The predicted octanol–water partition coefficient (Wildman–Crippen LogP) is 3.51. The van der Waals surface area contributed by atoms with Gasteiger partial charge in [0.1, 0.15) is 0 Å². The summed E-state index contributed by atoms with van der Waals surface area (Å²) in [5.74, 6) is -0.298. The van der Waals surface area contributed by atoms with Crippen LogP contribution in [-0.4, -0.2) is 18.6 Å². The molecular formula is C16H16N2O3. The molecule has 0 spiro atoms. The number of anilines is 2. The lowest BCUT2D eigenvalue weighted by Crippen LogP contribution is -2.18. The highest BCUT2D eigenvalue weighted by Crippen LogP contribution is 2.17. The second-order valence-corrected chi connectivity index (χ2v) is 4.21.